The molecule has 7 aliphatic carbocycles. The van der Waals surface area contributed by atoms with Crippen molar-refractivity contribution in [2.24, 2.45) is 17.8 Å². The number of nitrogens with zero attached hydrogens (tertiary/aromatic N) is 1. The molecule has 7 aliphatic rings. The van der Waals surface area contributed by atoms with Crippen molar-refractivity contribution in [1.29, 1.82) is 0 Å². The van der Waals surface area contributed by atoms with Crippen LogP contribution in [0.4, 0.5) is 17.1 Å². The number of benzene rings is 5. The summed E-state index contributed by atoms with van der Waals surface area (Å²) in [4.78, 5) is 2.55. The number of hydrogen-bond acceptors (Lipinski definition) is 1. The molecule has 53 heavy (non-hydrogen) atoms. The fourth-order valence-electron chi connectivity index (χ4n) is 13.3. The van der Waals surface area contributed by atoms with Crippen molar-refractivity contribution in [2.45, 2.75) is 120 Å². The maximum atomic E-state index is 2.56. The highest BCUT2D eigenvalue weighted by atomic mass is 15.1. The quantitative estimate of drug-likeness (QED) is 0.177. The Bertz CT molecular complexity index is 2210. The van der Waals surface area contributed by atoms with E-state index in [1.165, 1.54) is 138 Å². The van der Waals surface area contributed by atoms with E-state index in [0.29, 0.717) is 11.3 Å². The summed E-state index contributed by atoms with van der Waals surface area (Å²) >= 11 is 0. The van der Waals surface area contributed by atoms with E-state index in [2.05, 4.69) is 136 Å². The largest absolute Gasteiger partial charge is 0.310 e. The summed E-state index contributed by atoms with van der Waals surface area (Å²) in [6.45, 7) is 9.71. The zero-order valence-electron chi connectivity index (χ0n) is 32.3. The van der Waals surface area contributed by atoms with Gasteiger partial charge in [-0.1, -0.05) is 108 Å². The van der Waals surface area contributed by atoms with Gasteiger partial charge in [-0.3, -0.25) is 0 Å². The van der Waals surface area contributed by atoms with Crippen molar-refractivity contribution in [3.8, 4) is 22.3 Å². The minimum absolute atomic E-state index is 0.000103. The molecular formula is C52H55N. The predicted octanol–water partition coefficient (Wildman–Crippen LogP) is 14.3. The fourth-order valence-corrected chi connectivity index (χ4v) is 13.3. The van der Waals surface area contributed by atoms with E-state index < -0.39 is 0 Å². The molecule has 5 aromatic carbocycles. The van der Waals surface area contributed by atoms with Gasteiger partial charge in [-0.15, -0.1) is 0 Å². The molecule has 0 heterocycles. The first-order chi connectivity index (χ1) is 25.7. The van der Waals surface area contributed by atoms with E-state index in [1.807, 2.05) is 0 Å². The number of fused-ring (bicyclic) bond motifs is 6. The van der Waals surface area contributed by atoms with Crippen molar-refractivity contribution < 1.29 is 0 Å². The van der Waals surface area contributed by atoms with Crippen molar-refractivity contribution >= 4 is 17.1 Å². The molecule has 12 rings (SSSR count). The SMILES string of the molecule is CC1(C)c2ccccc2-c2cc3c(cc21)C(C)(C)c1cc(N(c2ccc(C4CCCCC4)cc2)c2ccc(C45CC6CC(CC(C6)C4)C5)cc2)ccc1-3. The molecule has 0 aliphatic heterocycles. The van der Waals surface area contributed by atoms with Gasteiger partial charge in [-0.2, -0.15) is 0 Å². The Morgan fingerprint density at radius 1 is 0.472 bits per heavy atom. The molecule has 1 nitrogen and oxygen atoms in total. The second kappa shape index (κ2) is 11.5. The molecule has 5 fully saturated rings. The van der Waals surface area contributed by atoms with Crippen molar-refractivity contribution in [1.82, 2.24) is 0 Å². The van der Waals surface area contributed by atoms with Crippen molar-refractivity contribution in [3.05, 3.63) is 137 Å². The maximum absolute atomic E-state index is 2.56. The first kappa shape index (κ1) is 32.3. The third-order valence-corrected chi connectivity index (χ3v) is 15.6. The van der Waals surface area contributed by atoms with Gasteiger partial charge in [0.2, 0.25) is 0 Å². The zero-order chi connectivity index (χ0) is 35.7. The molecule has 1 heteroatoms. The van der Waals surface area contributed by atoms with Gasteiger partial charge < -0.3 is 4.90 Å². The second-order valence-corrected chi connectivity index (χ2v) is 19.5. The topological polar surface area (TPSA) is 3.24 Å². The fraction of sp³-hybridized carbons (Fsp3) is 0.423. The maximum Gasteiger partial charge on any atom is 0.0465 e. The lowest BCUT2D eigenvalue weighted by Crippen LogP contribution is -2.48. The van der Waals surface area contributed by atoms with Gasteiger partial charge in [0.25, 0.3) is 0 Å². The third-order valence-electron chi connectivity index (χ3n) is 15.6. The van der Waals surface area contributed by atoms with Gasteiger partial charge in [0.15, 0.2) is 0 Å². The molecule has 0 unspecified atom stereocenters. The first-order valence-corrected chi connectivity index (χ1v) is 21.1. The number of hydrogen-bond donors (Lipinski definition) is 0. The van der Waals surface area contributed by atoms with Crippen LogP contribution in [0.25, 0.3) is 22.3 Å². The highest BCUT2D eigenvalue weighted by molar-refractivity contribution is 5.91. The smallest absolute Gasteiger partial charge is 0.0465 e. The molecule has 268 valence electrons. The Kier molecular flexibility index (Phi) is 6.99. The lowest BCUT2D eigenvalue weighted by molar-refractivity contribution is -0.00518. The second-order valence-electron chi connectivity index (χ2n) is 19.5. The molecule has 5 saturated carbocycles. The molecule has 0 N–H and O–H groups in total. The molecular weight excluding hydrogens is 639 g/mol. The molecule has 5 aromatic rings. The standard InChI is InChI=1S/C52H55N/c1-50(2)46-13-9-8-12-42(46)44-28-45-43-23-22-41(27-47(43)51(3,4)49(45)29-48(44)50)53(39-18-14-37(15-19-39)36-10-6-5-7-11-36)40-20-16-38(17-21-40)52-30-33-24-34(31-52)26-35(25-33)32-52/h8-9,12-23,27-29,33-36H,5-7,10-11,24-26,30-32H2,1-4H3. The Morgan fingerprint density at radius 2 is 1.00 bits per heavy atom. The summed E-state index contributed by atoms with van der Waals surface area (Å²) in [5.41, 5.74) is 18.7. The first-order valence-electron chi connectivity index (χ1n) is 21.1. The van der Waals surface area contributed by atoms with Crippen LogP contribution in [0.2, 0.25) is 0 Å². The van der Waals surface area contributed by atoms with Gasteiger partial charge in [0.05, 0.1) is 0 Å². The molecule has 0 atom stereocenters. The number of rotatable bonds is 5. The van der Waals surface area contributed by atoms with Crippen LogP contribution in [-0.4, -0.2) is 0 Å². The van der Waals surface area contributed by atoms with Gasteiger partial charge in [0.1, 0.15) is 0 Å². The highest BCUT2D eigenvalue weighted by Crippen LogP contribution is 2.61. The van der Waals surface area contributed by atoms with E-state index in [-0.39, 0.29) is 10.8 Å². The Balaban J connectivity index is 1.00. The van der Waals surface area contributed by atoms with E-state index >= 15 is 0 Å². The minimum atomic E-state index is -0.0978. The molecule has 0 radical (unpaired) electrons. The molecule has 0 saturated heterocycles. The highest BCUT2D eigenvalue weighted by Gasteiger charge is 2.51. The normalized spacial score (nSPS) is 26.9. The van der Waals surface area contributed by atoms with Gasteiger partial charge in [0, 0.05) is 27.9 Å². The summed E-state index contributed by atoms with van der Waals surface area (Å²) in [6.07, 6.45) is 15.5. The van der Waals surface area contributed by atoms with Crippen molar-refractivity contribution in [2.75, 3.05) is 4.90 Å². The van der Waals surface area contributed by atoms with Gasteiger partial charge >= 0.3 is 0 Å². The van der Waals surface area contributed by atoms with E-state index in [9.17, 15) is 0 Å². The van der Waals surface area contributed by atoms with Crippen LogP contribution in [0.3, 0.4) is 0 Å². The summed E-state index contributed by atoms with van der Waals surface area (Å²) in [5, 5.41) is 0. The third kappa shape index (κ3) is 4.81. The monoisotopic (exact) mass is 693 g/mol. The van der Waals surface area contributed by atoms with E-state index in [4.69, 9.17) is 0 Å². The summed E-state index contributed by atoms with van der Waals surface area (Å²) in [7, 11) is 0. The van der Waals surface area contributed by atoms with Gasteiger partial charge in [-0.25, -0.2) is 0 Å². The molecule has 4 bridgehead atoms. The van der Waals surface area contributed by atoms with Crippen LogP contribution in [0.1, 0.15) is 138 Å². The molecule has 0 aromatic heterocycles. The molecule has 0 amide bonds. The van der Waals surface area contributed by atoms with E-state index in [1.54, 1.807) is 5.56 Å². The average molecular weight is 694 g/mol. The zero-order valence-corrected chi connectivity index (χ0v) is 32.3. The van der Waals surface area contributed by atoms with Crippen LogP contribution in [0.5, 0.6) is 0 Å². The lowest BCUT2D eigenvalue weighted by atomic mass is 9.48. The average Bonchev–Trinajstić information content (AvgIpc) is 3.53. The van der Waals surface area contributed by atoms with Crippen LogP contribution in [-0.2, 0) is 16.2 Å². The predicted molar refractivity (Wildman–Crippen MR) is 222 cm³/mol. The Hall–Kier alpha value is -4.10. The molecule has 0 spiro atoms. The number of anilines is 3. The Morgan fingerprint density at radius 3 is 1.64 bits per heavy atom. The van der Waals surface area contributed by atoms with Crippen molar-refractivity contribution in [3.63, 3.8) is 0 Å². The van der Waals surface area contributed by atoms with E-state index in [0.717, 1.165) is 17.8 Å². The lowest BCUT2D eigenvalue weighted by Gasteiger charge is -2.57. The van der Waals surface area contributed by atoms with Gasteiger partial charge in [-0.05, 0) is 179 Å². The minimum Gasteiger partial charge on any atom is -0.310 e. The van der Waals surface area contributed by atoms with Crippen LogP contribution >= 0.6 is 0 Å². The van der Waals surface area contributed by atoms with Crippen LogP contribution in [0.15, 0.2) is 103 Å². The van der Waals surface area contributed by atoms with Crippen LogP contribution in [0, 0.1) is 17.8 Å². The Labute approximate surface area is 317 Å². The summed E-state index contributed by atoms with van der Waals surface area (Å²) < 4.78 is 0. The van der Waals surface area contributed by atoms with Crippen LogP contribution < -0.4 is 4.90 Å². The summed E-state index contributed by atoms with van der Waals surface area (Å²) in [5.74, 6) is 3.59. The summed E-state index contributed by atoms with van der Waals surface area (Å²) in [6, 6.07) is 41.2.